The molecule has 144 valence electrons. The molecule has 0 radical (unpaired) electrons. The quantitative estimate of drug-likeness (QED) is 0.582. The molecule has 0 spiro atoms. The van der Waals surface area contributed by atoms with Crippen LogP contribution in [0.15, 0.2) is 72.9 Å². The van der Waals surface area contributed by atoms with Gasteiger partial charge >= 0.3 is 0 Å². The number of amides is 1. The maximum atomic E-state index is 12.9. The summed E-state index contributed by atoms with van der Waals surface area (Å²) < 4.78 is 18.4. The molecule has 3 rings (SSSR count). The first-order valence-corrected chi connectivity index (χ1v) is 9.11. The maximum Gasteiger partial charge on any atom is 0.227 e. The van der Waals surface area contributed by atoms with Gasteiger partial charge in [-0.25, -0.2) is 9.37 Å². The molecule has 1 amide bonds. The zero-order valence-corrected chi connectivity index (χ0v) is 15.4. The Balaban J connectivity index is 1.37. The molecular formula is C22H22FN3O2. The zero-order chi connectivity index (χ0) is 19.6. The molecule has 0 aliphatic carbocycles. The topological polar surface area (TPSA) is 63.2 Å². The van der Waals surface area contributed by atoms with Crippen molar-refractivity contribution in [1.82, 2.24) is 4.98 Å². The van der Waals surface area contributed by atoms with Crippen molar-refractivity contribution in [3.05, 3.63) is 84.3 Å². The van der Waals surface area contributed by atoms with Crippen LogP contribution in [0.25, 0.3) is 0 Å². The number of nitrogens with zero attached hydrogens (tertiary/aromatic N) is 1. The SMILES string of the molecule is O=C(CCOc1ccccc1)Nc1ccc(NCCc2ccc(F)cc2)nc1. The Morgan fingerprint density at radius 1 is 1.00 bits per heavy atom. The summed E-state index contributed by atoms with van der Waals surface area (Å²) in [5, 5.41) is 6.00. The number of benzene rings is 2. The van der Waals surface area contributed by atoms with E-state index in [-0.39, 0.29) is 18.1 Å². The molecular weight excluding hydrogens is 357 g/mol. The third kappa shape index (κ3) is 6.39. The van der Waals surface area contributed by atoms with E-state index in [1.165, 1.54) is 12.1 Å². The van der Waals surface area contributed by atoms with Crippen LogP contribution in [0.3, 0.4) is 0 Å². The molecule has 0 aliphatic heterocycles. The molecule has 0 unspecified atom stereocenters. The molecule has 0 bridgehead atoms. The number of pyridine rings is 1. The summed E-state index contributed by atoms with van der Waals surface area (Å²) in [6.07, 6.45) is 2.63. The van der Waals surface area contributed by atoms with Gasteiger partial charge in [-0.1, -0.05) is 30.3 Å². The van der Waals surface area contributed by atoms with Gasteiger partial charge in [0.2, 0.25) is 5.91 Å². The number of anilines is 2. The molecule has 0 atom stereocenters. The molecule has 1 aromatic heterocycles. The highest BCUT2D eigenvalue weighted by Gasteiger charge is 2.04. The first kappa shape index (κ1) is 19.4. The Kier molecular flexibility index (Phi) is 6.95. The molecule has 3 aromatic rings. The summed E-state index contributed by atoms with van der Waals surface area (Å²) in [6.45, 7) is 0.994. The minimum Gasteiger partial charge on any atom is -0.493 e. The van der Waals surface area contributed by atoms with Gasteiger partial charge < -0.3 is 15.4 Å². The van der Waals surface area contributed by atoms with Crippen molar-refractivity contribution in [2.24, 2.45) is 0 Å². The molecule has 0 saturated carbocycles. The molecule has 6 heteroatoms. The lowest BCUT2D eigenvalue weighted by molar-refractivity contribution is -0.116. The second-order valence-corrected chi connectivity index (χ2v) is 6.20. The standard InChI is InChI=1S/C22H22FN3O2/c23-18-8-6-17(7-9-18)12-14-24-21-11-10-19(16-25-21)26-22(27)13-15-28-20-4-2-1-3-5-20/h1-11,16H,12-15H2,(H,24,25)(H,26,27). The average Bonchev–Trinajstić information content (AvgIpc) is 2.72. The Hall–Kier alpha value is -3.41. The number of nitrogens with one attached hydrogen (secondary N) is 2. The monoisotopic (exact) mass is 379 g/mol. The van der Waals surface area contributed by atoms with Crippen LogP contribution in [0.4, 0.5) is 15.9 Å². The van der Waals surface area contributed by atoms with Gasteiger partial charge in [-0.15, -0.1) is 0 Å². The smallest absolute Gasteiger partial charge is 0.227 e. The van der Waals surface area contributed by atoms with Crippen LogP contribution in [0, 0.1) is 5.82 Å². The van der Waals surface area contributed by atoms with E-state index in [4.69, 9.17) is 4.74 Å². The van der Waals surface area contributed by atoms with Crippen LogP contribution in [-0.2, 0) is 11.2 Å². The third-order valence-corrected chi connectivity index (χ3v) is 4.02. The van der Waals surface area contributed by atoms with E-state index in [1.54, 1.807) is 30.5 Å². The number of carbonyl (C=O) groups excluding carboxylic acids is 1. The Bertz CT molecular complexity index is 869. The van der Waals surface area contributed by atoms with E-state index in [0.29, 0.717) is 24.7 Å². The number of hydrogen-bond acceptors (Lipinski definition) is 4. The van der Waals surface area contributed by atoms with Crippen LogP contribution >= 0.6 is 0 Å². The van der Waals surface area contributed by atoms with Crippen molar-refractivity contribution in [2.45, 2.75) is 12.8 Å². The van der Waals surface area contributed by atoms with Gasteiger partial charge in [0.1, 0.15) is 17.4 Å². The van der Waals surface area contributed by atoms with E-state index >= 15 is 0 Å². The van der Waals surface area contributed by atoms with Crippen LogP contribution < -0.4 is 15.4 Å². The van der Waals surface area contributed by atoms with Crippen LogP contribution in [0.2, 0.25) is 0 Å². The number of aromatic nitrogens is 1. The highest BCUT2D eigenvalue weighted by Crippen LogP contribution is 2.12. The molecule has 2 aromatic carbocycles. The van der Waals surface area contributed by atoms with E-state index in [2.05, 4.69) is 15.6 Å². The molecule has 0 aliphatic rings. The number of hydrogen-bond donors (Lipinski definition) is 2. The van der Waals surface area contributed by atoms with Crippen molar-refractivity contribution in [3.63, 3.8) is 0 Å². The van der Waals surface area contributed by atoms with Crippen LogP contribution in [-0.4, -0.2) is 24.0 Å². The van der Waals surface area contributed by atoms with Gasteiger partial charge in [-0.2, -0.15) is 0 Å². The molecule has 5 nitrogen and oxygen atoms in total. The van der Waals surface area contributed by atoms with Crippen molar-refractivity contribution < 1.29 is 13.9 Å². The van der Waals surface area contributed by atoms with Crippen LogP contribution in [0.1, 0.15) is 12.0 Å². The molecule has 28 heavy (non-hydrogen) atoms. The summed E-state index contributed by atoms with van der Waals surface area (Å²) in [6, 6.07) is 19.4. The first-order chi connectivity index (χ1) is 13.7. The number of rotatable bonds is 9. The summed E-state index contributed by atoms with van der Waals surface area (Å²) in [5.74, 6) is 1.10. The second kappa shape index (κ2) is 10.1. The van der Waals surface area contributed by atoms with E-state index in [0.717, 1.165) is 17.7 Å². The van der Waals surface area contributed by atoms with E-state index in [9.17, 15) is 9.18 Å². The highest BCUT2D eigenvalue weighted by molar-refractivity contribution is 5.90. The van der Waals surface area contributed by atoms with Gasteiger partial charge in [0.25, 0.3) is 0 Å². The third-order valence-electron chi connectivity index (χ3n) is 4.02. The normalized spacial score (nSPS) is 10.3. The second-order valence-electron chi connectivity index (χ2n) is 6.20. The van der Waals surface area contributed by atoms with Gasteiger partial charge in [-0.3, -0.25) is 4.79 Å². The first-order valence-electron chi connectivity index (χ1n) is 9.11. The molecule has 0 saturated heterocycles. The van der Waals surface area contributed by atoms with Crippen molar-refractivity contribution in [1.29, 1.82) is 0 Å². The lowest BCUT2D eigenvalue weighted by Gasteiger charge is -2.09. The Morgan fingerprint density at radius 3 is 2.50 bits per heavy atom. The summed E-state index contributed by atoms with van der Waals surface area (Å²) in [4.78, 5) is 16.3. The number of ether oxygens (including phenoxy) is 1. The van der Waals surface area contributed by atoms with Crippen molar-refractivity contribution in [2.75, 3.05) is 23.8 Å². The summed E-state index contributed by atoms with van der Waals surface area (Å²) >= 11 is 0. The lowest BCUT2D eigenvalue weighted by Crippen LogP contribution is -2.15. The molecule has 1 heterocycles. The predicted octanol–water partition coefficient (Wildman–Crippen LogP) is 4.28. The Labute approximate surface area is 163 Å². The molecule has 2 N–H and O–H groups in total. The minimum absolute atomic E-state index is 0.130. The van der Waals surface area contributed by atoms with E-state index < -0.39 is 0 Å². The largest absolute Gasteiger partial charge is 0.493 e. The van der Waals surface area contributed by atoms with Crippen molar-refractivity contribution in [3.8, 4) is 5.75 Å². The molecule has 0 fully saturated rings. The van der Waals surface area contributed by atoms with Gasteiger partial charge in [0.15, 0.2) is 0 Å². The number of carbonyl (C=O) groups is 1. The fraction of sp³-hybridized carbons (Fsp3) is 0.182. The zero-order valence-electron chi connectivity index (χ0n) is 15.4. The van der Waals surface area contributed by atoms with Gasteiger partial charge in [0, 0.05) is 6.54 Å². The maximum absolute atomic E-state index is 12.9. The summed E-state index contributed by atoms with van der Waals surface area (Å²) in [7, 11) is 0. The Morgan fingerprint density at radius 2 is 1.79 bits per heavy atom. The number of halogens is 1. The van der Waals surface area contributed by atoms with E-state index in [1.807, 2.05) is 30.3 Å². The predicted molar refractivity (Wildman–Crippen MR) is 108 cm³/mol. The fourth-order valence-corrected chi connectivity index (χ4v) is 2.56. The van der Waals surface area contributed by atoms with Crippen molar-refractivity contribution >= 4 is 17.4 Å². The minimum atomic E-state index is -0.234. The van der Waals surface area contributed by atoms with Gasteiger partial charge in [0.05, 0.1) is 24.9 Å². The highest BCUT2D eigenvalue weighted by atomic mass is 19.1. The lowest BCUT2D eigenvalue weighted by atomic mass is 10.1. The number of para-hydroxylation sites is 1. The van der Waals surface area contributed by atoms with Crippen LogP contribution in [0.5, 0.6) is 5.75 Å². The fourth-order valence-electron chi connectivity index (χ4n) is 2.56. The summed E-state index contributed by atoms with van der Waals surface area (Å²) in [5.41, 5.74) is 1.68. The van der Waals surface area contributed by atoms with Gasteiger partial charge in [-0.05, 0) is 48.4 Å². The average molecular weight is 379 g/mol.